The molecular weight excluding hydrogens is 436 g/mol. The number of aryl methyl sites for hydroxylation is 1. The van der Waals surface area contributed by atoms with E-state index in [1.807, 2.05) is 0 Å². The minimum Gasteiger partial charge on any atom is -0.403 e. The molecule has 2 aromatic heterocycles. The number of hydrogen-bond acceptors (Lipinski definition) is 6. The molecule has 3 rings (SSSR count). The summed E-state index contributed by atoms with van der Waals surface area (Å²) in [5.41, 5.74) is -0.993. The first-order valence-electron chi connectivity index (χ1n) is 8.28. The molecule has 2 heterocycles. The summed E-state index contributed by atoms with van der Waals surface area (Å²) in [6, 6.07) is 4.32. The van der Waals surface area contributed by atoms with Crippen LogP contribution >= 0.6 is 15.9 Å². The Hall–Kier alpha value is -3.01. The second-order valence-electron chi connectivity index (χ2n) is 5.65. The zero-order valence-electron chi connectivity index (χ0n) is 14.8. The zero-order chi connectivity index (χ0) is 20.3. The van der Waals surface area contributed by atoms with Gasteiger partial charge in [0, 0.05) is 23.8 Å². The third-order valence-corrected chi connectivity index (χ3v) is 4.30. The molecule has 0 aliphatic rings. The zero-order valence-corrected chi connectivity index (χ0v) is 16.4. The highest BCUT2D eigenvalue weighted by molar-refractivity contribution is 9.10. The van der Waals surface area contributed by atoms with Gasteiger partial charge in [0.25, 0.3) is 11.4 Å². The molecule has 0 radical (unpaired) electrons. The van der Waals surface area contributed by atoms with Crippen LogP contribution in [0.5, 0.6) is 0 Å². The Morgan fingerprint density at radius 1 is 1.36 bits per heavy atom. The van der Waals surface area contributed by atoms with Crippen LogP contribution in [0.2, 0.25) is 0 Å². The predicted octanol–water partition coefficient (Wildman–Crippen LogP) is 4.30. The van der Waals surface area contributed by atoms with Crippen LogP contribution in [-0.2, 0) is 6.54 Å². The quantitative estimate of drug-likeness (QED) is 0.520. The summed E-state index contributed by atoms with van der Waals surface area (Å²) >= 11 is 3.16. The van der Waals surface area contributed by atoms with Crippen molar-refractivity contribution in [2.24, 2.45) is 0 Å². The maximum Gasteiger partial charge on any atom is 0.315 e. The van der Waals surface area contributed by atoms with Gasteiger partial charge in [-0.1, -0.05) is 27.1 Å². The molecule has 0 saturated carbocycles. The predicted molar refractivity (Wildman–Crippen MR) is 106 cm³/mol. The fraction of sp³-hybridized carbons (Fsp3) is 0.167. The molecule has 28 heavy (non-hydrogen) atoms. The smallest absolute Gasteiger partial charge is 0.315 e. The van der Waals surface area contributed by atoms with Crippen molar-refractivity contribution in [1.82, 2.24) is 14.8 Å². The fourth-order valence-electron chi connectivity index (χ4n) is 2.44. The van der Waals surface area contributed by atoms with Gasteiger partial charge in [-0.15, -0.1) is 11.7 Å². The normalized spacial score (nSPS) is 10.7. The van der Waals surface area contributed by atoms with Crippen LogP contribution in [0.25, 0.3) is 11.5 Å². The monoisotopic (exact) mass is 451 g/mol. The molecular formula is C18H16BrF2N5O2. The molecule has 7 nitrogen and oxygen atoms in total. The topological polar surface area (TPSA) is 85.0 Å². The summed E-state index contributed by atoms with van der Waals surface area (Å²) in [6.07, 6.45) is 2.99. The first-order chi connectivity index (χ1) is 13.4. The van der Waals surface area contributed by atoms with Gasteiger partial charge in [0.05, 0.1) is 16.9 Å². The van der Waals surface area contributed by atoms with Crippen LogP contribution in [0.4, 0.5) is 26.2 Å². The molecule has 0 unspecified atom stereocenters. The van der Waals surface area contributed by atoms with Gasteiger partial charge in [0.15, 0.2) is 0 Å². The van der Waals surface area contributed by atoms with Gasteiger partial charge >= 0.3 is 6.01 Å². The average molecular weight is 452 g/mol. The van der Waals surface area contributed by atoms with Gasteiger partial charge < -0.3 is 19.6 Å². The average Bonchev–Trinajstić information content (AvgIpc) is 3.14. The Morgan fingerprint density at radius 2 is 2.14 bits per heavy atom. The first kappa shape index (κ1) is 19.7. The number of pyridine rings is 1. The summed E-state index contributed by atoms with van der Waals surface area (Å²) < 4.78 is 36.2. The SMILES string of the molecule is C=CCNc1nnc(-c2cn(CC)c(=O)c(F)c2Nc2ccc(Br)cc2F)o1. The largest absolute Gasteiger partial charge is 0.403 e. The Kier molecular flexibility index (Phi) is 5.88. The summed E-state index contributed by atoms with van der Waals surface area (Å²) in [5.74, 6) is -1.74. The summed E-state index contributed by atoms with van der Waals surface area (Å²) in [7, 11) is 0. The number of anilines is 3. The molecule has 0 amide bonds. The standard InChI is InChI=1S/C18H16BrF2N5O2/c1-3-7-22-18-25-24-16(28-18)11-9-26(4-2)17(27)14(21)15(11)23-13-6-5-10(19)8-12(13)20/h3,5-6,8-9,23H,1,4,7H2,2H3,(H,22,25). The molecule has 0 fully saturated rings. The number of hydrogen-bond donors (Lipinski definition) is 2. The first-order valence-corrected chi connectivity index (χ1v) is 9.07. The van der Waals surface area contributed by atoms with E-state index in [1.54, 1.807) is 19.1 Å². The van der Waals surface area contributed by atoms with Crippen molar-refractivity contribution in [2.45, 2.75) is 13.5 Å². The summed E-state index contributed by atoms with van der Waals surface area (Å²) in [6.45, 7) is 5.88. The minimum atomic E-state index is -1.08. The third kappa shape index (κ3) is 3.96. The van der Waals surface area contributed by atoms with Gasteiger partial charge in [-0.2, -0.15) is 4.39 Å². The Balaban J connectivity index is 2.12. The van der Waals surface area contributed by atoms with Crippen LogP contribution in [0.3, 0.4) is 0 Å². The van der Waals surface area contributed by atoms with Crippen molar-refractivity contribution in [3.8, 4) is 11.5 Å². The van der Waals surface area contributed by atoms with E-state index < -0.39 is 17.2 Å². The van der Waals surface area contributed by atoms with Gasteiger partial charge in [-0.05, 0) is 25.1 Å². The van der Waals surface area contributed by atoms with Crippen LogP contribution < -0.4 is 16.2 Å². The lowest BCUT2D eigenvalue weighted by Crippen LogP contribution is -2.24. The van der Waals surface area contributed by atoms with Crippen molar-refractivity contribution in [1.29, 1.82) is 0 Å². The van der Waals surface area contributed by atoms with E-state index in [9.17, 15) is 13.6 Å². The highest BCUT2D eigenvalue weighted by Crippen LogP contribution is 2.32. The number of nitrogens with one attached hydrogen (secondary N) is 2. The second kappa shape index (κ2) is 8.34. The van der Waals surface area contributed by atoms with E-state index in [0.29, 0.717) is 11.0 Å². The van der Waals surface area contributed by atoms with Crippen LogP contribution in [0, 0.1) is 11.6 Å². The van der Waals surface area contributed by atoms with Gasteiger partial charge in [0.2, 0.25) is 5.82 Å². The second-order valence-corrected chi connectivity index (χ2v) is 6.57. The fourth-order valence-corrected chi connectivity index (χ4v) is 2.77. The molecule has 0 saturated heterocycles. The van der Waals surface area contributed by atoms with E-state index in [2.05, 4.69) is 43.3 Å². The van der Waals surface area contributed by atoms with E-state index >= 15 is 0 Å². The molecule has 0 atom stereocenters. The minimum absolute atomic E-state index is 0.0125. The lowest BCUT2D eigenvalue weighted by molar-refractivity contribution is 0.566. The van der Waals surface area contributed by atoms with E-state index in [0.717, 1.165) is 4.57 Å². The molecule has 0 bridgehead atoms. The molecule has 10 heteroatoms. The van der Waals surface area contributed by atoms with Gasteiger partial charge in [-0.3, -0.25) is 4.79 Å². The van der Waals surface area contributed by atoms with Crippen LogP contribution in [0.15, 0.2) is 50.7 Å². The maximum absolute atomic E-state index is 14.9. The Morgan fingerprint density at radius 3 is 2.82 bits per heavy atom. The van der Waals surface area contributed by atoms with Crippen molar-refractivity contribution in [3.05, 3.63) is 63.5 Å². The van der Waals surface area contributed by atoms with Crippen molar-refractivity contribution < 1.29 is 13.2 Å². The molecule has 146 valence electrons. The Bertz CT molecular complexity index is 1080. The molecule has 1 aromatic carbocycles. The molecule has 0 aliphatic heterocycles. The summed E-state index contributed by atoms with van der Waals surface area (Å²) in [5, 5.41) is 13.2. The van der Waals surface area contributed by atoms with Crippen LogP contribution in [-0.4, -0.2) is 21.3 Å². The summed E-state index contributed by atoms with van der Waals surface area (Å²) in [4.78, 5) is 12.2. The molecule has 0 spiro atoms. The molecule has 0 aliphatic carbocycles. The number of nitrogens with zero attached hydrogens (tertiary/aromatic N) is 3. The number of rotatable bonds is 7. The van der Waals surface area contributed by atoms with Crippen molar-refractivity contribution in [3.63, 3.8) is 0 Å². The third-order valence-electron chi connectivity index (χ3n) is 3.81. The maximum atomic E-state index is 14.9. The molecule has 2 N–H and O–H groups in total. The van der Waals surface area contributed by atoms with Gasteiger partial charge in [-0.25, -0.2) is 4.39 Å². The lowest BCUT2D eigenvalue weighted by Gasteiger charge is -2.14. The molecule has 3 aromatic rings. The lowest BCUT2D eigenvalue weighted by atomic mass is 10.2. The van der Waals surface area contributed by atoms with E-state index in [1.165, 1.54) is 18.3 Å². The number of halogens is 3. The number of benzene rings is 1. The van der Waals surface area contributed by atoms with Crippen molar-refractivity contribution in [2.75, 3.05) is 17.2 Å². The van der Waals surface area contributed by atoms with Gasteiger partial charge in [0.1, 0.15) is 5.82 Å². The van der Waals surface area contributed by atoms with E-state index in [-0.39, 0.29) is 35.4 Å². The van der Waals surface area contributed by atoms with Crippen LogP contribution in [0.1, 0.15) is 6.92 Å². The highest BCUT2D eigenvalue weighted by atomic mass is 79.9. The van der Waals surface area contributed by atoms with E-state index in [4.69, 9.17) is 4.42 Å². The highest BCUT2D eigenvalue weighted by Gasteiger charge is 2.22. The Labute approximate surface area is 167 Å². The number of aromatic nitrogens is 3. The van der Waals surface area contributed by atoms with Crippen molar-refractivity contribution >= 4 is 33.3 Å².